The first-order chi connectivity index (χ1) is 8.34. The molecule has 2 rings (SSSR count). The fourth-order valence-corrected chi connectivity index (χ4v) is 2.75. The smallest absolute Gasteiger partial charge is 0.276 e. The van der Waals surface area contributed by atoms with E-state index < -0.39 is 0 Å². The second-order valence-electron chi connectivity index (χ2n) is 3.51. The quantitative estimate of drug-likeness (QED) is 0.618. The Morgan fingerprint density at radius 2 is 2.35 bits per heavy atom. The molecule has 6 heteroatoms. The Hall–Kier alpha value is -0.850. The third-order valence-electron chi connectivity index (χ3n) is 2.14. The average Bonchev–Trinajstić information content (AvgIpc) is 2.95. The SMILES string of the molecule is Cc1nnc(SCCNCCc2cccs2)o1. The zero-order chi connectivity index (χ0) is 11.9. The molecule has 0 fully saturated rings. The summed E-state index contributed by atoms with van der Waals surface area (Å²) in [6.07, 6.45) is 1.10. The number of hydrogen-bond donors (Lipinski definition) is 1. The number of hydrogen-bond acceptors (Lipinski definition) is 6. The Labute approximate surface area is 109 Å². The van der Waals surface area contributed by atoms with Gasteiger partial charge in [0.25, 0.3) is 5.22 Å². The van der Waals surface area contributed by atoms with Crippen LogP contribution in [0.25, 0.3) is 0 Å². The highest BCUT2D eigenvalue weighted by atomic mass is 32.2. The van der Waals surface area contributed by atoms with Crippen molar-refractivity contribution >= 4 is 23.1 Å². The fraction of sp³-hybridized carbons (Fsp3) is 0.455. The van der Waals surface area contributed by atoms with E-state index in [1.54, 1.807) is 18.7 Å². The van der Waals surface area contributed by atoms with Crippen LogP contribution in [0.4, 0.5) is 0 Å². The van der Waals surface area contributed by atoms with Gasteiger partial charge < -0.3 is 9.73 Å². The van der Waals surface area contributed by atoms with Gasteiger partial charge in [-0.2, -0.15) is 0 Å². The Morgan fingerprint density at radius 1 is 1.41 bits per heavy atom. The van der Waals surface area contributed by atoms with Crippen LogP contribution >= 0.6 is 23.1 Å². The second-order valence-corrected chi connectivity index (χ2v) is 5.59. The van der Waals surface area contributed by atoms with E-state index in [1.165, 1.54) is 4.88 Å². The minimum Gasteiger partial charge on any atom is -0.416 e. The van der Waals surface area contributed by atoms with Gasteiger partial charge in [0.05, 0.1) is 0 Å². The largest absolute Gasteiger partial charge is 0.416 e. The molecule has 4 nitrogen and oxygen atoms in total. The summed E-state index contributed by atoms with van der Waals surface area (Å²) in [7, 11) is 0. The molecular formula is C11H15N3OS2. The maximum Gasteiger partial charge on any atom is 0.276 e. The van der Waals surface area contributed by atoms with Crippen LogP contribution < -0.4 is 5.32 Å². The van der Waals surface area contributed by atoms with Gasteiger partial charge in [-0.15, -0.1) is 21.5 Å². The first-order valence-corrected chi connectivity index (χ1v) is 7.37. The molecule has 0 amide bonds. The third-order valence-corrected chi connectivity index (χ3v) is 3.90. The van der Waals surface area contributed by atoms with Crippen molar-refractivity contribution in [2.24, 2.45) is 0 Å². The Balaban J connectivity index is 1.52. The van der Waals surface area contributed by atoms with Crippen LogP contribution in [0, 0.1) is 6.92 Å². The van der Waals surface area contributed by atoms with Gasteiger partial charge in [-0.05, 0) is 24.4 Å². The molecule has 0 aliphatic heterocycles. The summed E-state index contributed by atoms with van der Waals surface area (Å²) in [4.78, 5) is 1.43. The van der Waals surface area contributed by atoms with Crippen LogP contribution in [-0.2, 0) is 6.42 Å². The number of thioether (sulfide) groups is 1. The van der Waals surface area contributed by atoms with E-state index in [4.69, 9.17) is 4.42 Å². The summed E-state index contributed by atoms with van der Waals surface area (Å²) in [5.74, 6) is 1.57. The molecule has 0 aliphatic rings. The number of nitrogens with zero attached hydrogens (tertiary/aromatic N) is 2. The molecule has 2 heterocycles. The highest BCUT2D eigenvalue weighted by Gasteiger charge is 2.01. The molecule has 17 heavy (non-hydrogen) atoms. The monoisotopic (exact) mass is 269 g/mol. The van der Waals surface area contributed by atoms with Gasteiger partial charge in [0.15, 0.2) is 0 Å². The van der Waals surface area contributed by atoms with E-state index in [9.17, 15) is 0 Å². The molecular weight excluding hydrogens is 254 g/mol. The second kappa shape index (κ2) is 6.78. The topological polar surface area (TPSA) is 51.0 Å². The van der Waals surface area contributed by atoms with Gasteiger partial charge in [0.2, 0.25) is 5.89 Å². The van der Waals surface area contributed by atoms with Crippen molar-refractivity contribution in [3.05, 3.63) is 28.3 Å². The van der Waals surface area contributed by atoms with Gasteiger partial charge in [0.1, 0.15) is 0 Å². The number of rotatable bonds is 7. The van der Waals surface area contributed by atoms with Crippen molar-refractivity contribution in [3.63, 3.8) is 0 Å². The fourth-order valence-electron chi connectivity index (χ4n) is 1.34. The third kappa shape index (κ3) is 4.49. The van der Waals surface area contributed by atoms with E-state index >= 15 is 0 Å². The zero-order valence-corrected chi connectivity index (χ0v) is 11.3. The van der Waals surface area contributed by atoms with Crippen molar-refractivity contribution in [1.29, 1.82) is 0 Å². The average molecular weight is 269 g/mol. The number of aromatic nitrogens is 2. The van der Waals surface area contributed by atoms with E-state index in [-0.39, 0.29) is 0 Å². The van der Waals surface area contributed by atoms with Crippen molar-refractivity contribution in [2.45, 2.75) is 18.6 Å². The molecule has 92 valence electrons. The van der Waals surface area contributed by atoms with Crippen LogP contribution in [0.1, 0.15) is 10.8 Å². The molecule has 1 N–H and O–H groups in total. The highest BCUT2D eigenvalue weighted by molar-refractivity contribution is 7.99. The van der Waals surface area contributed by atoms with E-state index in [1.807, 2.05) is 11.3 Å². The highest BCUT2D eigenvalue weighted by Crippen LogP contribution is 2.14. The lowest BCUT2D eigenvalue weighted by atomic mass is 10.3. The minimum atomic E-state index is 0.623. The van der Waals surface area contributed by atoms with Crippen LogP contribution in [0.15, 0.2) is 27.2 Å². The predicted octanol–water partition coefficient (Wildman–Crippen LogP) is 2.36. The van der Waals surface area contributed by atoms with E-state index in [0.29, 0.717) is 11.1 Å². The van der Waals surface area contributed by atoms with Gasteiger partial charge in [-0.25, -0.2) is 0 Å². The van der Waals surface area contributed by atoms with Gasteiger partial charge in [0, 0.05) is 24.1 Å². The molecule has 0 spiro atoms. The first-order valence-electron chi connectivity index (χ1n) is 5.50. The summed E-state index contributed by atoms with van der Waals surface area (Å²) >= 11 is 3.40. The maximum atomic E-state index is 5.26. The first kappa shape index (κ1) is 12.6. The summed E-state index contributed by atoms with van der Waals surface area (Å²) in [6, 6.07) is 4.26. The summed E-state index contributed by atoms with van der Waals surface area (Å²) in [6.45, 7) is 3.78. The molecule has 2 aromatic rings. The van der Waals surface area contributed by atoms with Gasteiger partial charge >= 0.3 is 0 Å². The van der Waals surface area contributed by atoms with Crippen LogP contribution in [0.2, 0.25) is 0 Å². The predicted molar refractivity (Wildman–Crippen MR) is 70.7 cm³/mol. The number of aryl methyl sites for hydroxylation is 1. The Kier molecular flexibility index (Phi) is 5.03. The molecule has 0 saturated carbocycles. The summed E-state index contributed by atoms with van der Waals surface area (Å²) < 4.78 is 5.26. The molecule has 0 unspecified atom stereocenters. The normalized spacial score (nSPS) is 10.9. The summed E-state index contributed by atoms with van der Waals surface area (Å²) in [5, 5.41) is 13.9. The molecule has 0 aliphatic carbocycles. The molecule has 0 saturated heterocycles. The van der Waals surface area contributed by atoms with Gasteiger partial charge in [-0.3, -0.25) is 0 Å². The molecule has 2 aromatic heterocycles. The van der Waals surface area contributed by atoms with Crippen LogP contribution in [-0.4, -0.2) is 29.0 Å². The molecule has 0 radical (unpaired) electrons. The maximum absolute atomic E-state index is 5.26. The Morgan fingerprint density at radius 3 is 3.06 bits per heavy atom. The van der Waals surface area contributed by atoms with Crippen LogP contribution in [0.3, 0.4) is 0 Å². The number of thiophene rings is 1. The lowest BCUT2D eigenvalue weighted by Gasteiger charge is -2.01. The zero-order valence-electron chi connectivity index (χ0n) is 9.68. The minimum absolute atomic E-state index is 0.623. The molecule has 0 bridgehead atoms. The van der Waals surface area contributed by atoms with E-state index in [0.717, 1.165) is 25.3 Å². The lowest BCUT2D eigenvalue weighted by Crippen LogP contribution is -2.19. The van der Waals surface area contributed by atoms with Crippen LogP contribution in [0.5, 0.6) is 0 Å². The number of nitrogens with one attached hydrogen (secondary N) is 1. The standard InChI is InChI=1S/C11H15N3OS2/c1-9-13-14-11(15-9)17-8-6-12-5-4-10-3-2-7-16-10/h2-3,7,12H,4-6,8H2,1H3. The van der Waals surface area contributed by atoms with Gasteiger partial charge in [-0.1, -0.05) is 17.8 Å². The molecule has 0 atom stereocenters. The Bertz CT molecular complexity index is 428. The van der Waals surface area contributed by atoms with Crippen molar-refractivity contribution in [2.75, 3.05) is 18.8 Å². The molecule has 0 aromatic carbocycles. The lowest BCUT2D eigenvalue weighted by molar-refractivity contribution is 0.429. The van der Waals surface area contributed by atoms with E-state index in [2.05, 4.69) is 33.0 Å². The summed E-state index contributed by atoms with van der Waals surface area (Å²) in [5.41, 5.74) is 0. The van der Waals surface area contributed by atoms with Crippen molar-refractivity contribution < 1.29 is 4.42 Å². The van der Waals surface area contributed by atoms with Crippen molar-refractivity contribution in [3.8, 4) is 0 Å². The van der Waals surface area contributed by atoms with Crippen molar-refractivity contribution in [1.82, 2.24) is 15.5 Å².